The van der Waals surface area contributed by atoms with Gasteiger partial charge in [0.05, 0.1) is 6.20 Å². The normalized spacial score (nSPS) is 16.0. The molecule has 2 aromatic rings. The molecule has 0 bridgehead atoms. The molecular weight excluding hydrogens is 302 g/mol. The van der Waals surface area contributed by atoms with Gasteiger partial charge in [-0.25, -0.2) is 0 Å². The summed E-state index contributed by atoms with van der Waals surface area (Å²) in [6.45, 7) is 7.75. The molecule has 0 saturated carbocycles. The van der Waals surface area contributed by atoms with Crippen LogP contribution in [0.25, 0.3) is 0 Å². The van der Waals surface area contributed by atoms with Crippen molar-refractivity contribution >= 4 is 5.91 Å². The van der Waals surface area contributed by atoms with Crippen molar-refractivity contribution < 1.29 is 9.90 Å². The van der Waals surface area contributed by atoms with Gasteiger partial charge in [-0.3, -0.25) is 9.48 Å². The van der Waals surface area contributed by atoms with Crippen LogP contribution in [0.2, 0.25) is 0 Å². The first kappa shape index (κ1) is 16.7. The number of fused-ring (bicyclic) bond motifs is 1. The predicted molar refractivity (Wildman–Crippen MR) is 92.4 cm³/mol. The number of hydrogen-bond acceptors (Lipinski definition) is 3. The van der Waals surface area contributed by atoms with E-state index in [-0.39, 0.29) is 11.3 Å². The third-order valence-corrected chi connectivity index (χ3v) is 4.67. The molecule has 0 saturated heterocycles. The number of aliphatic hydroxyl groups excluding tert-OH is 1. The first-order valence-corrected chi connectivity index (χ1v) is 8.33. The maximum Gasteiger partial charge on any atom is 0.256 e. The number of rotatable bonds is 2. The van der Waals surface area contributed by atoms with Gasteiger partial charge in [-0.15, -0.1) is 0 Å². The Morgan fingerprint density at radius 3 is 2.67 bits per heavy atom. The summed E-state index contributed by atoms with van der Waals surface area (Å²) in [6, 6.07) is 6.56. The van der Waals surface area contributed by atoms with Gasteiger partial charge in [0.1, 0.15) is 0 Å². The molecule has 1 aliphatic rings. The van der Waals surface area contributed by atoms with Gasteiger partial charge in [-0.1, -0.05) is 39.0 Å². The second-order valence-electron chi connectivity index (χ2n) is 7.59. The number of carbonyl (C=O) groups is 1. The molecular formula is C19H25N3O2. The van der Waals surface area contributed by atoms with Crippen LogP contribution in [0, 0.1) is 0 Å². The summed E-state index contributed by atoms with van der Waals surface area (Å²) in [5.41, 5.74) is 4.36. The minimum Gasteiger partial charge on any atom is -0.378 e. The zero-order chi connectivity index (χ0) is 17.5. The predicted octanol–water partition coefficient (Wildman–Crippen LogP) is 2.34. The Balaban J connectivity index is 1.80. The van der Waals surface area contributed by atoms with Crippen LogP contribution in [0.5, 0.6) is 0 Å². The maximum atomic E-state index is 12.6. The summed E-state index contributed by atoms with van der Waals surface area (Å²) in [7, 11) is 1.77. The third-order valence-electron chi connectivity index (χ3n) is 4.67. The fourth-order valence-electron chi connectivity index (χ4n) is 3.11. The van der Waals surface area contributed by atoms with Crippen LogP contribution >= 0.6 is 0 Å². The lowest BCUT2D eigenvalue weighted by molar-refractivity contribution is -0.141. The van der Waals surface area contributed by atoms with Crippen molar-refractivity contribution in [3.05, 3.63) is 52.8 Å². The molecule has 24 heavy (non-hydrogen) atoms. The number of aliphatic hydroxyl groups is 1. The molecule has 0 fully saturated rings. The van der Waals surface area contributed by atoms with Crippen LogP contribution in [-0.4, -0.2) is 32.2 Å². The largest absolute Gasteiger partial charge is 0.378 e. The van der Waals surface area contributed by atoms with E-state index in [1.807, 2.05) is 0 Å². The van der Waals surface area contributed by atoms with Crippen molar-refractivity contribution in [3.63, 3.8) is 0 Å². The van der Waals surface area contributed by atoms with E-state index >= 15 is 0 Å². The molecule has 2 heterocycles. The van der Waals surface area contributed by atoms with Crippen LogP contribution in [0.3, 0.4) is 0 Å². The number of aryl methyl sites for hydroxylation is 1. The summed E-state index contributed by atoms with van der Waals surface area (Å²) < 4.78 is 1.59. The van der Waals surface area contributed by atoms with Crippen molar-refractivity contribution in [2.45, 2.75) is 45.3 Å². The molecule has 0 radical (unpaired) electrons. The first-order valence-electron chi connectivity index (χ1n) is 8.33. The number of carbonyl (C=O) groups excluding carboxylic acids is 1. The first-order chi connectivity index (χ1) is 11.3. The van der Waals surface area contributed by atoms with Crippen molar-refractivity contribution in [1.82, 2.24) is 14.7 Å². The van der Waals surface area contributed by atoms with Gasteiger partial charge in [0, 0.05) is 31.9 Å². The molecule has 1 aromatic carbocycles. The number of nitrogens with zero attached hydrogens (tertiary/aromatic N) is 3. The van der Waals surface area contributed by atoms with Gasteiger partial charge in [0.15, 0.2) is 6.10 Å². The van der Waals surface area contributed by atoms with Gasteiger partial charge in [-0.2, -0.15) is 5.10 Å². The fourth-order valence-corrected chi connectivity index (χ4v) is 3.11. The highest BCUT2D eigenvalue weighted by Crippen LogP contribution is 2.28. The van der Waals surface area contributed by atoms with E-state index in [1.54, 1.807) is 22.8 Å². The molecule has 1 N–H and O–H groups in total. The molecule has 0 aliphatic carbocycles. The van der Waals surface area contributed by atoms with E-state index in [9.17, 15) is 9.90 Å². The van der Waals surface area contributed by atoms with Crippen molar-refractivity contribution in [2.75, 3.05) is 6.54 Å². The summed E-state index contributed by atoms with van der Waals surface area (Å²) in [5.74, 6) is -0.255. The third kappa shape index (κ3) is 3.22. The Labute approximate surface area is 142 Å². The summed E-state index contributed by atoms with van der Waals surface area (Å²) in [6.07, 6.45) is 2.90. The number of amides is 1. The summed E-state index contributed by atoms with van der Waals surface area (Å²) in [4.78, 5) is 14.4. The van der Waals surface area contributed by atoms with E-state index in [0.29, 0.717) is 18.7 Å². The Morgan fingerprint density at radius 1 is 1.29 bits per heavy atom. The van der Waals surface area contributed by atoms with E-state index in [0.717, 1.165) is 6.42 Å². The number of benzene rings is 1. The Bertz CT molecular complexity index is 758. The minimum atomic E-state index is -1.15. The van der Waals surface area contributed by atoms with Gasteiger partial charge in [-0.05, 0) is 28.5 Å². The van der Waals surface area contributed by atoms with E-state index < -0.39 is 6.10 Å². The summed E-state index contributed by atoms with van der Waals surface area (Å²) >= 11 is 0. The smallest absolute Gasteiger partial charge is 0.256 e. The van der Waals surface area contributed by atoms with E-state index in [2.05, 4.69) is 44.1 Å². The average Bonchev–Trinajstić information content (AvgIpc) is 2.98. The lowest BCUT2D eigenvalue weighted by Crippen LogP contribution is -2.39. The molecule has 128 valence electrons. The summed E-state index contributed by atoms with van der Waals surface area (Å²) in [5, 5.41) is 14.4. The molecule has 1 aromatic heterocycles. The van der Waals surface area contributed by atoms with Crippen LogP contribution in [0.1, 0.15) is 49.1 Å². The Morgan fingerprint density at radius 2 is 2.04 bits per heavy atom. The highest BCUT2D eigenvalue weighted by Gasteiger charge is 2.28. The van der Waals surface area contributed by atoms with Gasteiger partial charge in [0.2, 0.25) is 0 Å². The second kappa shape index (κ2) is 6.06. The molecule has 3 rings (SSSR count). The van der Waals surface area contributed by atoms with Crippen molar-refractivity contribution in [3.8, 4) is 0 Å². The van der Waals surface area contributed by atoms with E-state index in [1.165, 1.54) is 22.9 Å². The highest BCUT2D eigenvalue weighted by atomic mass is 16.3. The van der Waals surface area contributed by atoms with Crippen molar-refractivity contribution in [1.29, 1.82) is 0 Å². The van der Waals surface area contributed by atoms with Gasteiger partial charge in [0.25, 0.3) is 5.91 Å². The zero-order valence-electron chi connectivity index (χ0n) is 14.8. The van der Waals surface area contributed by atoms with E-state index in [4.69, 9.17) is 0 Å². The molecule has 0 unspecified atom stereocenters. The SMILES string of the molecule is Cn1cc([C@@H](O)C(=O)N2CCc3ccc(C(C)(C)C)cc3C2)cn1. The Hall–Kier alpha value is -2.14. The van der Waals surface area contributed by atoms with Crippen molar-refractivity contribution in [2.24, 2.45) is 7.05 Å². The Kier molecular flexibility index (Phi) is 4.22. The van der Waals surface area contributed by atoms with Crippen LogP contribution < -0.4 is 0 Å². The minimum absolute atomic E-state index is 0.0799. The second-order valence-corrected chi connectivity index (χ2v) is 7.59. The maximum absolute atomic E-state index is 12.6. The van der Waals surface area contributed by atoms with Gasteiger partial charge < -0.3 is 10.0 Å². The molecule has 1 atom stereocenters. The van der Waals surface area contributed by atoms with Crippen LogP contribution in [0.4, 0.5) is 0 Å². The lowest BCUT2D eigenvalue weighted by Gasteiger charge is -2.31. The molecule has 5 nitrogen and oxygen atoms in total. The van der Waals surface area contributed by atoms with Gasteiger partial charge >= 0.3 is 0 Å². The molecule has 1 amide bonds. The monoisotopic (exact) mass is 327 g/mol. The quantitative estimate of drug-likeness (QED) is 0.921. The van der Waals surface area contributed by atoms with Crippen LogP contribution in [0.15, 0.2) is 30.6 Å². The number of aromatic nitrogens is 2. The average molecular weight is 327 g/mol. The molecule has 0 spiro atoms. The molecule has 1 aliphatic heterocycles. The highest BCUT2D eigenvalue weighted by molar-refractivity contribution is 5.82. The molecule has 5 heteroatoms. The fraction of sp³-hybridized carbons (Fsp3) is 0.474. The standard InChI is InChI=1S/C19H25N3O2/c1-19(2,3)16-6-5-13-7-8-22(12-14(13)9-16)18(24)17(23)15-10-20-21(4)11-15/h5-6,9-11,17,23H,7-8,12H2,1-4H3/t17-/m1/s1. The number of hydrogen-bond donors (Lipinski definition) is 1. The lowest BCUT2D eigenvalue weighted by atomic mass is 9.84. The van der Waals surface area contributed by atoms with Crippen LogP contribution in [-0.2, 0) is 30.2 Å². The topological polar surface area (TPSA) is 58.4 Å². The zero-order valence-corrected chi connectivity index (χ0v) is 14.8.